The highest BCUT2D eigenvalue weighted by Gasteiger charge is 2.55. The van der Waals surface area contributed by atoms with Gasteiger partial charge in [0.15, 0.2) is 0 Å². The van der Waals surface area contributed by atoms with Crippen LogP contribution in [0.15, 0.2) is 45.6 Å². The van der Waals surface area contributed by atoms with Gasteiger partial charge in [0.2, 0.25) is 5.78 Å². The second kappa shape index (κ2) is 6.54. The Morgan fingerprint density at radius 1 is 1.35 bits per heavy atom. The van der Waals surface area contributed by atoms with Crippen LogP contribution in [0, 0.1) is 11.8 Å². The lowest BCUT2D eigenvalue weighted by atomic mass is 9.82. The summed E-state index contributed by atoms with van der Waals surface area (Å²) in [6, 6.07) is 0. The van der Waals surface area contributed by atoms with Crippen LogP contribution in [0.25, 0.3) is 0 Å². The fourth-order valence-corrected chi connectivity index (χ4v) is 4.20. The Bertz CT molecular complexity index is 829. The highest BCUT2D eigenvalue weighted by Crippen LogP contribution is 2.50. The van der Waals surface area contributed by atoms with Gasteiger partial charge in [0, 0.05) is 29.1 Å². The number of Topliss-reactive ketones (excluding diaryl/α,β-unsaturated/α-hetero) is 1. The molecule has 0 aromatic heterocycles. The largest absolute Gasteiger partial charge is 0.458 e. The van der Waals surface area contributed by atoms with E-state index in [0.29, 0.717) is 23.1 Å². The quantitative estimate of drug-likeness (QED) is 0.545. The number of allylic oxidation sites excluding steroid dienone is 2. The minimum absolute atomic E-state index is 0.178. The summed E-state index contributed by atoms with van der Waals surface area (Å²) in [5.74, 6) is -2.15. The fourth-order valence-electron chi connectivity index (χ4n) is 3.98. The number of rotatable bonds is 2. The summed E-state index contributed by atoms with van der Waals surface area (Å²) in [6.45, 7) is 10.9. The first kappa shape index (κ1) is 18.6. The Kier molecular flexibility index (Phi) is 4.69. The molecule has 4 unspecified atom stereocenters. The lowest BCUT2D eigenvalue weighted by Gasteiger charge is -2.28. The molecule has 5 nitrogen and oxygen atoms in total. The zero-order chi connectivity index (χ0) is 19.3. The molecule has 0 aromatic carbocycles. The maximum Gasteiger partial charge on any atom is 0.334 e. The van der Waals surface area contributed by atoms with E-state index >= 15 is 0 Å². The van der Waals surface area contributed by atoms with Gasteiger partial charge in [-0.3, -0.25) is 4.79 Å². The van der Waals surface area contributed by atoms with Crippen LogP contribution in [-0.2, 0) is 23.9 Å². The van der Waals surface area contributed by atoms with Gasteiger partial charge >= 0.3 is 11.9 Å². The van der Waals surface area contributed by atoms with Gasteiger partial charge in [-0.1, -0.05) is 29.8 Å². The Morgan fingerprint density at radius 2 is 2.00 bits per heavy atom. The fraction of sp³-hybridized carbons (Fsp3) is 0.450. The van der Waals surface area contributed by atoms with Gasteiger partial charge in [-0.15, -0.1) is 0 Å². The van der Waals surface area contributed by atoms with Crippen LogP contribution in [0.2, 0.25) is 0 Å². The Labute approximate surface area is 157 Å². The van der Waals surface area contributed by atoms with Crippen LogP contribution in [0.1, 0.15) is 34.1 Å². The van der Waals surface area contributed by atoms with Crippen molar-refractivity contribution < 1.29 is 23.9 Å². The number of carbonyl (C=O) groups is 3. The van der Waals surface area contributed by atoms with Crippen LogP contribution < -0.4 is 0 Å². The van der Waals surface area contributed by atoms with Crippen molar-refractivity contribution in [3.63, 3.8) is 0 Å². The lowest BCUT2D eigenvalue weighted by molar-refractivity contribution is -0.148. The third-order valence-electron chi connectivity index (χ3n) is 5.54. The molecule has 0 aromatic rings. The van der Waals surface area contributed by atoms with Gasteiger partial charge in [0.05, 0.1) is 11.0 Å². The third kappa shape index (κ3) is 2.65. The van der Waals surface area contributed by atoms with Crippen molar-refractivity contribution in [2.24, 2.45) is 11.8 Å². The standard InChI is InChI=1S/C20H21ClO5/c1-6-8(2)19(23)25-12-7-9(3)13-15(10(4)16(21)17(13)22)18-14(12)11(5)20(24)26-18/h6,12,14-15,18H,5,7H2,1-4H3. The van der Waals surface area contributed by atoms with Crippen molar-refractivity contribution in [2.45, 2.75) is 46.3 Å². The van der Waals surface area contributed by atoms with E-state index < -0.39 is 36.0 Å². The van der Waals surface area contributed by atoms with E-state index in [-0.39, 0.29) is 16.4 Å². The zero-order valence-electron chi connectivity index (χ0n) is 15.2. The summed E-state index contributed by atoms with van der Waals surface area (Å²) >= 11 is 6.19. The molecule has 3 rings (SSSR count). The van der Waals surface area contributed by atoms with Crippen LogP contribution in [-0.4, -0.2) is 29.9 Å². The van der Waals surface area contributed by atoms with Crippen molar-refractivity contribution in [2.75, 3.05) is 0 Å². The first-order valence-corrected chi connectivity index (χ1v) is 8.91. The van der Waals surface area contributed by atoms with E-state index in [2.05, 4.69) is 6.58 Å². The maximum absolute atomic E-state index is 12.6. The number of hydrogen-bond donors (Lipinski definition) is 0. The predicted molar refractivity (Wildman–Crippen MR) is 96.2 cm³/mol. The first-order valence-electron chi connectivity index (χ1n) is 8.53. The molecule has 0 saturated carbocycles. The number of hydrogen-bond acceptors (Lipinski definition) is 5. The van der Waals surface area contributed by atoms with Crippen molar-refractivity contribution in [3.8, 4) is 0 Å². The van der Waals surface area contributed by atoms with Crippen molar-refractivity contribution in [3.05, 3.63) is 45.6 Å². The van der Waals surface area contributed by atoms with Gasteiger partial charge in [-0.25, -0.2) is 9.59 Å². The molecule has 1 fully saturated rings. The molecule has 26 heavy (non-hydrogen) atoms. The summed E-state index contributed by atoms with van der Waals surface area (Å²) in [7, 11) is 0. The number of fused-ring (bicyclic) bond motifs is 3. The SMILES string of the molecule is C=C1C(=O)OC2C3C(C)=C(Cl)C(=O)C3=C(C)CC(OC(=O)C(C)=CC)C12. The maximum atomic E-state index is 12.6. The number of ether oxygens (including phenoxy) is 2. The van der Waals surface area contributed by atoms with E-state index in [9.17, 15) is 14.4 Å². The van der Waals surface area contributed by atoms with Gasteiger partial charge < -0.3 is 9.47 Å². The number of esters is 2. The average Bonchev–Trinajstić information content (AvgIpc) is 2.96. The van der Waals surface area contributed by atoms with Crippen molar-refractivity contribution in [1.29, 1.82) is 0 Å². The Morgan fingerprint density at radius 3 is 2.62 bits per heavy atom. The summed E-state index contributed by atoms with van der Waals surface area (Å²) in [5.41, 5.74) is 2.77. The molecule has 0 bridgehead atoms. The molecular formula is C20H21ClO5. The zero-order valence-corrected chi connectivity index (χ0v) is 16.0. The topological polar surface area (TPSA) is 69.7 Å². The van der Waals surface area contributed by atoms with E-state index in [1.54, 1.807) is 26.8 Å². The molecule has 3 aliphatic rings. The van der Waals surface area contributed by atoms with E-state index in [0.717, 1.165) is 5.57 Å². The minimum Gasteiger partial charge on any atom is -0.458 e. The van der Waals surface area contributed by atoms with E-state index in [1.165, 1.54) is 0 Å². The lowest BCUT2D eigenvalue weighted by Crippen LogP contribution is -2.36. The van der Waals surface area contributed by atoms with Crippen LogP contribution >= 0.6 is 11.6 Å². The molecule has 2 aliphatic carbocycles. The normalized spacial score (nSPS) is 31.7. The second-order valence-corrected chi connectivity index (χ2v) is 7.42. The van der Waals surface area contributed by atoms with Crippen LogP contribution in [0.4, 0.5) is 0 Å². The van der Waals surface area contributed by atoms with Gasteiger partial charge in [0.1, 0.15) is 12.2 Å². The summed E-state index contributed by atoms with van der Waals surface area (Å²) in [4.78, 5) is 37.1. The average molecular weight is 377 g/mol. The molecule has 1 heterocycles. The molecule has 0 N–H and O–H groups in total. The highest BCUT2D eigenvalue weighted by atomic mass is 35.5. The first-order chi connectivity index (χ1) is 12.2. The van der Waals surface area contributed by atoms with E-state index in [1.807, 2.05) is 6.92 Å². The molecular weight excluding hydrogens is 356 g/mol. The van der Waals surface area contributed by atoms with E-state index in [4.69, 9.17) is 21.1 Å². The molecule has 4 atom stereocenters. The minimum atomic E-state index is -0.647. The molecule has 0 spiro atoms. The monoisotopic (exact) mass is 376 g/mol. The number of ketones is 1. The Balaban J connectivity index is 2.07. The van der Waals surface area contributed by atoms with Gasteiger partial charge in [0.25, 0.3) is 0 Å². The molecule has 1 saturated heterocycles. The molecule has 0 radical (unpaired) electrons. The van der Waals surface area contributed by atoms with Crippen molar-refractivity contribution >= 4 is 29.3 Å². The Hall–Kier alpha value is -2.14. The van der Waals surface area contributed by atoms with Crippen molar-refractivity contribution in [1.82, 2.24) is 0 Å². The van der Waals surface area contributed by atoms with Gasteiger partial charge in [-0.2, -0.15) is 0 Å². The molecule has 1 aliphatic heterocycles. The smallest absolute Gasteiger partial charge is 0.334 e. The van der Waals surface area contributed by atoms with Crippen LogP contribution in [0.5, 0.6) is 0 Å². The highest BCUT2D eigenvalue weighted by molar-refractivity contribution is 6.47. The second-order valence-electron chi connectivity index (χ2n) is 7.04. The summed E-state index contributed by atoms with van der Waals surface area (Å²) in [6.07, 6.45) is 0.720. The number of carbonyl (C=O) groups excluding carboxylic acids is 3. The van der Waals surface area contributed by atoms with Crippen LogP contribution in [0.3, 0.4) is 0 Å². The third-order valence-corrected chi connectivity index (χ3v) is 6.01. The summed E-state index contributed by atoms with van der Waals surface area (Å²) < 4.78 is 11.3. The van der Waals surface area contributed by atoms with Gasteiger partial charge in [-0.05, 0) is 33.3 Å². The molecule has 0 amide bonds. The molecule has 6 heteroatoms. The predicted octanol–water partition coefficient (Wildman–Crippen LogP) is 3.39. The molecule has 138 valence electrons. The summed E-state index contributed by atoms with van der Waals surface area (Å²) in [5, 5.41) is 0.178. The number of halogens is 1.